The van der Waals surface area contributed by atoms with E-state index in [1.54, 1.807) is 7.11 Å². The van der Waals surface area contributed by atoms with Crippen LogP contribution in [0.4, 0.5) is 0 Å². The van der Waals surface area contributed by atoms with Crippen LogP contribution in [-0.2, 0) is 6.42 Å². The minimum absolute atomic E-state index is 0.133. The quantitative estimate of drug-likeness (QED) is 0.731. The Balaban J connectivity index is 2.65. The average Bonchev–Trinajstić information content (AvgIpc) is 2.26. The molecule has 0 saturated carbocycles. The third-order valence-corrected chi connectivity index (χ3v) is 2.25. The largest absolute Gasteiger partial charge is 0.497 e. The van der Waals surface area contributed by atoms with Crippen LogP contribution >= 0.6 is 0 Å². The molecule has 0 aromatic heterocycles. The number of nitrogens with two attached hydrogens (primary N) is 1. The molecule has 3 N–H and O–H groups in total. The van der Waals surface area contributed by atoms with Gasteiger partial charge >= 0.3 is 0 Å². The number of benzene rings is 1. The second-order valence-corrected chi connectivity index (χ2v) is 3.34. The highest BCUT2D eigenvalue weighted by Crippen LogP contribution is 2.15. The van der Waals surface area contributed by atoms with Gasteiger partial charge in [0.25, 0.3) is 0 Å². The molecule has 0 aliphatic carbocycles. The van der Waals surface area contributed by atoms with Gasteiger partial charge in [0.05, 0.1) is 7.11 Å². The van der Waals surface area contributed by atoms with E-state index in [-0.39, 0.29) is 12.5 Å². The molecule has 78 valence electrons. The molecule has 1 aromatic rings. The Morgan fingerprint density at radius 2 is 2.29 bits per heavy atom. The normalized spacial score (nSPS) is 12.5. The van der Waals surface area contributed by atoms with Crippen LogP contribution in [0.15, 0.2) is 24.3 Å². The topological polar surface area (TPSA) is 55.5 Å². The monoisotopic (exact) mass is 195 g/mol. The molecule has 3 nitrogen and oxygen atoms in total. The van der Waals surface area contributed by atoms with Crippen molar-refractivity contribution in [2.24, 2.45) is 11.7 Å². The first-order valence-corrected chi connectivity index (χ1v) is 4.74. The summed E-state index contributed by atoms with van der Waals surface area (Å²) >= 11 is 0. The molecule has 1 rings (SSSR count). The van der Waals surface area contributed by atoms with Crippen LogP contribution in [-0.4, -0.2) is 25.4 Å². The maximum absolute atomic E-state index is 9.00. The molecular weight excluding hydrogens is 178 g/mol. The lowest BCUT2D eigenvalue weighted by atomic mass is 10.0. The van der Waals surface area contributed by atoms with Crippen molar-refractivity contribution in [2.45, 2.75) is 6.42 Å². The Hall–Kier alpha value is -1.06. The first-order valence-electron chi connectivity index (χ1n) is 4.74. The van der Waals surface area contributed by atoms with E-state index < -0.39 is 0 Å². The Morgan fingerprint density at radius 1 is 1.50 bits per heavy atom. The van der Waals surface area contributed by atoms with Gasteiger partial charge in [-0.1, -0.05) is 12.1 Å². The average molecular weight is 195 g/mol. The Morgan fingerprint density at radius 3 is 2.86 bits per heavy atom. The summed E-state index contributed by atoms with van der Waals surface area (Å²) in [6, 6.07) is 7.83. The van der Waals surface area contributed by atoms with Crippen LogP contribution in [0, 0.1) is 5.92 Å². The van der Waals surface area contributed by atoms with Crippen LogP contribution in [0.2, 0.25) is 0 Å². The maximum atomic E-state index is 9.00. The van der Waals surface area contributed by atoms with E-state index in [0.717, 1.165) is 17.7 Å². The van der Waals surface area contributed by atoms with Crippen LogP contribution < -0.4 is 10.5 Å². The number of hydrogen-bond acceptors (Lipinski definition) is 3. The number of methoxy groups -OCH3 is 1. The fourth-order valence-electron chi connectivity index (χ4n) is 1.36. The van der Waals surface area contributed by atoms with E-state index in [9.17, 15) is 0 Å². The van der Waals surface area contributed by atoms with Gasteiger partial charge in [-0.05, 0) is 36.6 Å². The zero-order valence-corrected chi connectivity index (χ0v) is 8.44. The molecule has 0 spiro atoms. The second kappa shape index (κ2) is 5.62. The molecule has 14 heavy (non-hydrogen) atoms. The molecule has 0 fully saturated rings. The minimum Gasteiger partial charge on any atom is -0.497 e. The van der Waals surface area contributed by atoms with Gasteiger partial charge in [-0.15, -0.1) is 0 Å². The van der Waals surface area contributed by atoms with Crippen molar-refractivity contribution in [3.8, 4) is 5.75 Å². The smallest absolute Gasteiger partial charge is 0.119 e. The Kier molecular flexibility index (Phi) is 4.43. The summed E-state index contributed by atoms with van der Waals surface area (Å²) in [5.74, 6) is 0.985. The van der Waals surface area contributed by atoms with E-state index in [1.165, 1.54) is 0 Å². The summed E-state index contributed by atoms with van der Waals surface area (Å²) in [5, 5.41) is 9.00. The minimum atomic E-state index is 0.133. The third kappa shape index (κ3) is 3.01. The second-order valence-electron chi connectivity index (χ2n) is 3.34. The van der Waals surface area contributed by atoms with E-state index in [0.29, 0.717) is 6.54 Å². The molecule has 0 aliphatic heterocycles. The Bertz CT molecular complexity index is 272. The SMILES string of the molecule is COc1cccc(CC(CN)CO)c1. The zero-order chi connectivity index (χ0) is 10.4. The van der Waals surface area contributed by atoms with Gasteiger partial charge in [-0.25, -0.2) is 0 Å². The number of rotatable bonds is 5. The fraction of sp³-hybridized carbons (Fsp3) is 0.455. The number of aliphatic hydroxyl groups excluding tert-OH is 1. The molecule has 0 heterocycles. The van der Waals surface area contributed by atoms with Gasteiger partial charge in [0.2, 0.25) is 0 Å². The standard InChI is InChI=1S/C11H17NO2/c1-14-11-4-2-3-9(6-11)5-10(7-12)8-13/h2-4,6,10,13H,5,7-8,12H2,1H3. The van der Waals surface area contributed by atoms with Gasteiger partial charge in [0.1, 0.15) is 5.75 Å². The molecule has 0 aliphatic rings. The molecule has 0 saturated heterocycles. The summed E-state index contributed by atoms with van der Waals surface area (Å²) in [6.45, 7) is 0.640. The predicted octanol–water partition coefficient (Wildman–Crippen LogP) is 0.805. The van der Waals surface area contributed by atoms with E-state index in [4.69, 9.17) is 15.6 Å². The lowest BCUT2D eigenvalue weighted by Crippen LogP contribution is -2.20. The Labute approximate surface area is 84.5 Å². The van der Waals surface area contributed by atoms with Crippen molar-refractivity contribution in [3.63, 3.8) is 0 Å². The molecule has 0 amide bonds. The lowest BCUT2D eigenvalue weighted by Gasteiger charge is -2.11. The summed E-state index contributed by atoms with van der Waals surface area (Å²) < 4.78 is 5.11. The van der Waals surface area contributed by atoms with E-state index >= 15 is 0 Å². The molecule has 1 atom stereocenters. The maximum Gasteiger partial charge on any atom is 0.119 e. The fourth-order valence-corrected chi connectivity index (χ4v) is 1.36. The number of hydrogen-bond donors (Lipinski definition) is 2. The highest BCUT2D eigenvalue weighted by Gasteiger charge is 2.06. The van der Waals surface area contributed by atoms with Gasteiger partial charge in [0.15, 0.2) is 0 Å². The number of aliphatic hydroxyl groups is 1. The molecule has 0 bridgehead atoms. The summed E-state index contributed by atoms with van der Waals surface area (Å²) in [6.07, 6.45) is 0.796. The van der Waals surface area contributed by atoms with Gasteiger partial charge in [0, 0.05) is 6.61 Å². The molecule has 1 aromatic carbocycles. The van der Waals surface area contributed by atoms with Gasteiger partial charge in [-0.2, -0.15) is 0 Å². The lowest BCUT2D eigenvalue weighted by molar-refractivity contribution is 0.229. The highest BCUT2D eigenvalue weighted by molar-refractivity contribution is 5.28. The van der Waals surface area contributed by atoms with Gasteiger partial charge in [-0.3, -0.25) is 0 Å². The van der Waals surface area contributed by atoms with Crippen molar-refractivity contribution in [3.05, 3.63) is 29.8 Å². The van der Waals surface area contributed by atoms with Crippen molar-refractivity contribution in [1.29, 1.82) is 0 Å². The first kappa shape index (κ1) is 11.0. The molecule has 0 radical (unpaired) electrons. The van der Waals surface area contributed by atoms with Crippen molar-refractivity contribution in [2.75, 3.05) is 20.3 Å². The summed E-state index contributed by atoms with van der Waals surface area (Å²) in [4.78, 5) is 0. The first-order chi connectivity index (χ1) is 6.80. The third-order valence-electron chi connectivity index (χ3n) is 2.25. The summed E-state index contributed by atoms with van der Waals surface area (Å²) in [5.41, 5.74) is 6.66. The predicted molar refractivity (Wildman–Crippen MR) is 56.3 cm³/mol. The summed E-state index contributed by atoms with van der Waals surface area (Å²) in [7, 11) is 1.64. The van der Waals surface area contributed by atoms with Crippen molar-refractivity contribution >= 4 is 0 Å². The van der Waals surface area contributed by atoms with Crippen molar-refractivity contribution < 1.29 is 9.84 Å². The van der Waals surface area contributed by atoms with Crippen molar-refractivity contribution in [1.82, 2.24) is 0 Å². The van der Waals surface area contributed by atoms with Crippen LogP contribution in [0.3, 0.4) is 0 Å². The molecule has 3 heteroatoms. The number of ether oxygens (including phenoxy) is 1. The van der Waals surface area contributed by atoms with Crippen LogP contribution in [0.25, 0.3) is 0 Å². The molecule has 1 unspecified atom stereocenters. The zero-order valence-electron chi connectivity index (χ0n) is 8.44. The van der Waals surface area contributed by atoms with E-state index in [2.05, 4.69) is 0 Å². The molecular formula is C11H17NO2. The van der Waals surface area contributed by atoms with Crippen LogP contribution in [0.1, 0.15) is 5.56 Å². The van der Waals surface area contributed by atoms with Crippen LogP contribution in [0.5, 0.6) is 5.75 Å². The highest BCUT2D eigenvalue weighted by atomic mass is 16.5. The van der Waals surface area contributed by atoms with E-state index in [1.807, 2.05) is 24.3 Å². The van der Waals surface area contributed by atoms with Gasteiger partial charge < -0.3 is 15.6 Å².